The average molecular weight is 533 g/mol. The first kappa shape index (κ1) is 27.7. The van der Waals surface area contributed by atoms with Gasteiger partial charge in [-0.25, -0.2) is 8.78 Å². The Morgan fingerprint density at radius 3 is 2.49 bits per heavy atom. The predicted molar refractivity (Wildman–Crippen MR) is 148 cm³/mol. The number of benzene rings is 3. The lowest BCUT2D eigenvalue weighted by atomic mass is 10.1. The summed E-state index contributed by atoms with van der Waals surface area (Å²) in [7, 11) is 0. The van der Waals surface area contributed by atoms with Crippen LogP contribution in [0.4, 0.5) is 20.2 Å². The number of amides is 2. The highest BCUT2D eigenvalue weighted by molar-refractivity contribution is 6.05. The fraction of sp³-hybridized carbons (Fsp3) is 0.233. The number of ether oxygens (including phenoxy) is 1. The van der Waals surface area contributed by atoms with Gasteiger partial charge in [0.2, 0.25) is 0 Å². The summed E-state index contributed by atoms with van der Waals surface area (Å²) in [5.41, 5.74) is 8.73. The third-order valence-electron chi connectivity index (χ3n) is 6.31. The number of carbonyl (C=O) groups is 2. The zero-order valence-corrected chi connectivity index (χ0v) is 21.8. The van der Waals surface area contributed by atoms with Crippen molar-refractivity contribution in [1.82, 2.24) is 4.98 Å². The Hall–Kier alpha value is -4.37. The molecule has 1 aliphatic heterocycles. The number of nitrogens with zero attached hydrogens (tertiary/aromatic N) is 2. The third-order valence-corrected chi connectivity index (χ3v) is 6.31. The van der Waals surface area contributed by atoms with Crippen LogP contribution >= 0.6 is 0 Å². The molecular formula is C30H30F2N4O3. The number of nitrogens with one attached hydrogen (secondary N) is 1. The number of fused-ring (bicyclic) bond motifs is 1. The quantitative estimate of drug-likeness (QED) is 0.343. The number of hydrogen-bond acceptors (Lipinski definition) is 5. The van der Waals surface area contributed by atoms with E-state index in [0.717, 1.165) is 48.4 Å². The Balaban J connectivity index is 0.000000298. The SMILES string of the molecule is CCO[C@H]1CCN(c2cc(C)nc3cc(NC(=O)c4ccc(F)cc4)ccc23)C1.NC(=O)c1ccccc1F. The van der Waals surface area contributed by atoms with E-state index in [1.54, 1.807) is 6.07 Å². The predicted octanol–water partition coefficient (Wildman–Crippen LogP) is 5.47. The van der Waals surface area contributed by atoms with Gasteiger partial charge in [0.05, 0.1) is 17.2 Å². The van der Waals surface area contributed by atoms with E-state index in [0.29, 0.717) is 11.3 Å². The van der Waals surface area contributed by atoms with Crippen LogP contribution in [0.15, 0.2) is 72.8 Å². The summed E-state index contributed by atoms with van der Waals surface area (Å²) in [4.78, 5) is 29.8. The lowest BCUT2D eigenvalue weighted by Gasteiger charge is -2.21. The van der Waals surface area contributed by atoms with Crippen LogP contribution in [0.2, 0.25) is 0 Å². The second-order valence-corrected chi connectivity index (χ2v) is 9.13. The van der Waals surface area contributed by atoms with Gasteiger partial charge in [-0.2, -0.15) is 0 Å². The van der Waals surface area contributed by atoms with Crippen LogP contribution in [-0.4, -0.2) is 42.6 Å². The monoisotopic (exact) mass is 532 g/mol. The molecule has 7 nitrogen and oxygen atoms in total. The fourth-order valence-electron chi connectivity index (χ4n) is 4.46. The Bertz CT molecular complexity index is 1480. The standard InChI is InChI=1S/C23H24FN3O2.C7H6FNO/c1-3-29-19-10-11-27(14-19)22-12-15(2)25-21-13-18(8-9-20(21)22)26-23(28)16-4-6-17(24)7-5-16;8-6-4-2-1-3-5(6)7(9)10/h4-9,12-13,19H,3,10-11,14H2,1-2H3,(H,26,28);1-4H,(H2,9,10)/t19-;/m0./s1. The molecule has 0 bridgehead atoms. The van der Waals surface area contributed by atoms with Gasteiger partial charge < -0.3 is 20.7 Å². The lowest BCUT2D eigenvalue weighted by Crippen LogP contribution is -2.23. The highest BCUT2D eigenvalue weighted by Gasteiger charge is 2.24. The van der Waals surface area contributed by atoms with Crippen LogP contribution in [0.3, 0.4) is 0 Å². The molecule has 3 aromatic carbocycles. The van der Waals surface area contributed by atoms with Crippen LogP contribution in [0.5, 0.6) is 0 Å². The van der Waals surface area contributed by atoms with E-state index in [1.165, 1.54) is 42.5 Å². The Kier molecular flexibility index (Phi) is 8.83. The van der Waals surface area contributed by atoms with Crippen LogP contribution in [0.1, 0.15) is 39.8 Å². The fourth-order valence-corrected chi connectivity index (χ4v) is 4.46. The molecular weight excluding hydrogens is 502 g/mol. The zero-order chi connectivity index (χ0) is 27.9. The van der Waals surface area contributed by atoms with E-state index in [-0.39, 0.29) is 23.4 Å². The van der Waals surface area contributed by atoms with Gasteiger partial charge in [0.25, 0.3) is 11.8 Å². The van der Waals surface area contributed by atoms with Crippen molar-refractivity contribution < 1.29 is 23.1 Å². The largest absolute Gasteiger partial charge is 0.377 e. The second-order valence-electron chi connectivity index (χ2n) is 9.13. The molecule has 1 aromatic heterocycles. The van der Waals surface area contributed by atoms with Gasteiger partial charge in [-0.05, 0) is 80.9 Å². The molecule has 1 aliphatic rings. The van der Waals surface area contributed by atoms with E-state index in [1.807, 2.05) is 32.0 Å². The van der Waals surface area contributed by atoms with E-state index in [2.05, 4.69) is 21.3 Å². The normalized spacial score (nSPS) is 14.6. The van der Waals surface area contributed by atoms with Gasteiger partial charge in [-0.1, -0.05) is 12.1 Å². The van der Waals surface area contributed by atoms with Crippen LogP contribution in [0.25, 0.3) is 10.9 Å². The molecule has 1 fully saturated rings. The van der Waals surface area contributed by atoms with Crippen molar-refractivity contribution >= 4 is 34.1 Å². The molecule has 0 spiro atoms. The topological polar surface area (TPSA) is 97.6 Å². The number of hydrogen-bond donors (Lipinski definition) is 2. The molecule has 9 heteroatoms. The van der Waals surface area contributed by atoms with Gasteiger partial charge in [-0.3, -0.25) is 14.6 Å². The van der Waals surface area contributed by atoms with Crippen LogP contribution in [-0.2, 0) is 4.74 Å². The number of pyridine rings is 1. The summed E-state index contributed by atoms with van der Waals surface area (Å²) in [6.07, 6.45) is 1.28. The molecule has 3 N–H and O–H groups in total. The maximum absolute atomic E-state index is 13.1. The Labute approximate surface area is 225 Å². The highest BCUT2D eigenvalue weighted by atomic mass is 19.1. The maximum Gasteiger partial charge on any atom is 0.255 e. The average Bonchev–Trinajstić information content (AvgIpc) is 3.37. The van der Waals surface area contributed by atoms with Gasteiger partial charge >= 0.3 is 0 Å². The molecule has 1 atom stereocenters. The van der Waals surface area contributed by atoms with Crippen molar-refractivity contribution in [3.8, 4) is 0 Å². The minimum atomic E-state index is -0.738. The third kappa shape index (κ3) is 6.94. The smallest absolute Gasteiger partial charge is 0.255 e. The molecule has 1 saturated heterocycles. The molecule has 4 aromatic rings. The van der Waals surface area contributed by atoms with Crippen molar-refractivity contribution in [2.24, 2.45) is 5.73 Å². The highest BCUT2D eigenvalue weighted by Crippen LogP contribution is 2.31. The number of anilines is 2. The lowest BCUT2D eigenvalue weighted by molar-refractivity contribution is 0.0787. The van der Waals surface area contributed by atoms with Crippen molar-refractivity contribution in [1.29, 1.82) is 0 Å². The number of carbonyl (C=O) groups excluding carboxylic acids is 2. The van der Waals surface area contributed by atoms with Crippen molar-refractivity contribution in [2.75, 3.05) is 29.9 Å². The summed E-state index contributed by atoms with van der Waals surface area (Å²) in [6.45, 7) is 6.55. The number of nitrogens with two attached hydrogens (primary N) is 1. The summed E-state index contributed by atoms with van der Waals surface area (Å²) < 4.78 is 31.4. The van der Waals surface area contributed by atoms with Crippen LogP contribution in [0, 0.1) is 18.6 Å². The first-order valence-corrected chi connectivity index (χ1v) is 12.6. The maximum atomic E-state index is 13.1. The minimum absolute atomic E-state index is 0.0671. The van der Waals surface area contributed by atoms with Gasteiger partial charge in [0.15, 0.2) is 0 Å². The number of rotatable bonds is 6. The molecule has 2 amide bonds. The van der Waals surface area contributed by atoms with E-state index < -0.39 is 11.7 Å². The number of primary amides is 1. The molecule has 2 heterocycles. The van der Waals surface area contributed by atoms with Crippen molar-refractivity contribution in [3.63, 3.8) is 0 Å². The Morgan fingerprint density at radius 1 is 1.08 bits per heavy atom. The summed E-state index contributed by atoms with van der Waals surface area (Å²) in [5.74, 6) is -1.96. The second kappa shape index (κ2) is 12.4. The molecule has 0 saturated carbocycles. The first-order valence-electron chi connectivity index (χ1n) is 12.6. The molecule has 0 radical (unpaired) electrons. The minimum Gasteiger partial charge on any atom is -0.377 e. The van der Waals surface area contributed by atoms with Gasteiger partial charge in [-0.15, -0.1) is 0 Å². The molecule has 0 aliphatic carbocycles. The number of aryl methyl sites for hydroxylation is 1. The molecule has 0 unspecified atom stereocenters. The van der Waals surface area contributed by atoms with E-state index in [4.69, 9.17) is 10.5 Å². The van der Waals surface area contributed by atoms with Gasteiger partial charge in [0.1, 0.15) is 11.6 Å². The first-order chi connectivity index (χ1) is 18.7. The van der Waals surface area contributed by atoms with Gasteiger partial charge in [0, 0.05) is 47.7 Å². The number of halogens is 2. The molecule has 202 valence electrons. The zero-order valence-electron chi connectivity index (χ0n) is 21.8. The molecule has 39 heavy (non-hydrogen) atoms. The summed E-state index contributed by atoms with van der Waals surface area (Å²) in [6, 6.07) is 18.9. The number of aromatic nitrogens is 1. The van der Waals surface area contributed by atoms with E-state index >= 15 is 0 Å². The molecule has 5 rings (SSSR count). The summed E-state index contributed by atoms with van der Waals surface area (Å²) >= 11 is 0. The van der Waals surface area contributed by atoms with E-state index in [9.17, 15) is 18.4 Å². The Morgan fingerprint density at radius 2 is 1.82 bits per heavy atom. The van der Waals surface area contributed by atoms with Crippen molar-refractivity contribution in [3.05, 3.63) is 101 Å². The summed E-state index contributed by atoms with van der Waals surface area (Å²) in [5, 5.41) is 3.92. The van der Waals surface area contributed by atoms with Crippen LogP contribution < -0.4 is 16.0 Å². The van der Waals surface area contributed by atoms with Crippen molar-refractivity contribution in [2.45, 2.75) is 26.4 Å².